The SMILES string of the molecule is CC1(C)COC(OC(=O)CC(O)(CC(=O)O)C(=O)O)N1. The molecular weight excluding hydrogens is 274 g/mol. The number of hydrogen-bond acceptors (Lipinski definition) is 7. The van der Waals surface area contributed by atoms with Crippen LogP contribution in [0.5, 0.6) is 0 Å². The summed E-state index contributed by atoms with van der Waals surface area (Å²) in [4.78, 5) is 32.9. The minimum absolute atomic E-state index is 0.281. The van der Waals surface area contributed by atoms with Crippen molar-refractivity contribution in [3.63, 3.8) is 0 Å². The number of carbonyl (C=O) groups is 3. The predicted molar refractivity (Wildman–Crippen MR) is 62.5 cm³/mol. The Bertz CT molecular complexity index is 421. The van der Waals surface area contributed by atoms with Crippen LogP contribution in [0.15, 0.2) is 0 Å². The first-order chi connectivity index (χ1) is 9.04. The Kier molecular flexibility index (Phi) is 4.69. The number of carboxylic acids is 2. The summed E-state index contributed by atoms with van der Waals surface area (Å²) in [6.45, 7) is 3.89. The summed E-state index contributed by atoms with van der Waals surface area (Å²) in [6.07, 6.45) is -3.15. The van der Waals surface area contributed by atoms with Crippen LogP contribution in [0.3, 0.4) is 0 Å². The number of hydrogen-bond donors (Lipinski definition) is 4. The lowest BCUT2D eigenvalue weighted by molar-refractivity contribution is -0.185. The summed E-state index contributed by atoms with van der Waals surface area (Å²) in [6, 6.07) is 0. The van der Waals surface area contributed by atoms with Gasteiger partial charge in [0, 0.05) is 5.54 Å². The molecule has 0 aromatic heterocycles. The highest BCUT2D eigenvalue weighted by Gasteiger charge is 2.42. The third kappa shape index (κ3) is 4.44. The molecule has 0 bridgehead atoms. The number of nitrogens with one attached hydrogen (secondary N) is 1. The highest BCUT2D eigenvalue weighted by atomic mass is 16.7. The third-order valence-electron chi connectivity index (χ3n) is 2.62. The molecule has 1 saturated heterocycles. The molecule has 1 fully saturated rings. The monoisotopic (exact) mass is 291 g/mol. The van der Waals surface area contributed by atoms with Gasteiger partial charge >= 0.3 is 17.9 Å². The van der Waals surface area contributed by atoms with Gasteiger partial charge in [-0.1, -0.05) is 0 Å². The maximum absolute atomic E-state index is 11.6. The Hall–Kier alpha value is -1.71. The number of carboxylic acid groups (broad SMARTS) is 2. The van der Waals surface area contributed by atoms with Gasteiger partial charge in [0.25, 0.3) is 6.41 Å². The zero-order chi connectivity index (χ0) is 15.6. The molecule has 0 radical (unpaired) electrons. The Morgan fingerprint density at radius 2 is 1.95 bits per heavy atom. The number of aliphatic carboxylic acids is 2. The van der Waals surface area contributed by atoms with Gasteiger partial charge in [-0.05, 0) is 13.8 Å². The van der Waals surface area contributed by atoms with Crippen LogP contribution in [-0.4, -0.2) is 57.4 Å². The van der Waals surface area contributed by atoms with Crippen molar-refractivity contribution in [1.82, 2.24) is 5.32 Å². The number of aliphatic hydroxyl groups is 1. The standard InChI is InChI=1S/C11H17NO8/c1-10(2)5-19-9(12-10)20-7(15)4-11(18,8(16)17)3-6(13)14/h9,12,18H,3-5H2,1-2H3,(H,13,14)(H,16,17). The molecule has 9 heteroatoms. The highest BCUT2D eigenvalue weighted by molar-refractivity contribution is 5.88. The highest BCUT2D eigenvalue weighted by Crippen LogP contribution is 2.19. The van der Waals surface area contributed by atoms with Gasteiger partial charge < -0.3 is 24.8 Å². The van der Waals surface area contributed by atoms with Crippen molar-refractivity contribution in [2.45, 2.75) is 44.2 Å². The van der Waals surface area contributed by atoms with E-state index in [4.69, 9.17) is 19.7 Å². The van der Waals surface area contributed by atoms with Crippen LogP contribution in [0, 0.1) is 0 Å². The molecule has 1 heterocycles. The van der Waals surface area contributed by atoms with E-state index in [0.29, 0.717) is 0 Å². The fourth-order valence-electron chi connectivity index (χ4n) is 1.61. The molecule has 1 aliphatic rings. The first-order valence-electron chi connectivity index (χ1n) is 5.80. The number of esters is 1. The van der Waals surface area contributed by atoms with Crippen molar-refractivity contribution in [3.8, 4) is 0 Å². The molecule has 0 saturated carbocycles. The van der Waals surface area contributed by atoms with Crippen LogP contribution < -0.4 is 5.32 Å². The summed E-state index contributed by atoms with van der Waals surface area (Å²) in [5, 5.41) is 29.8. The summed E-state index contributed by atoms with van der Waals surface area (Å²) in [7, 11) is 0. The molecule has 4 N–H and O–H groups in total. The molecule has 0 spiro atoms. The third-order valence-corrected chi connectivity index (χ3v) is 2.62. The van der Waals surface area contributed by atoms with Gasteiger partial charge in [0.05, 0.1) is 19.4 Å². The second kappa shape index (κ2) is 5.73. The van der Waals surface area contributed by atoms with E-state index < -0.39 is 48.3 Å². The van der Waals surface area contributed by atoms with Crippen molar-refractivity contribution in [2.75, 3.05) is 6.61 Å². The Morgan fingerprint density at radius 3 is 2.35 bits per heavy atom. The van der Waals surface area contributed by atoms with Crippen LogP contribution in [0.4, 0.5) is 0 Å². The van der Waals surface area contributed by atoms with Crippen LogP contribution in [-0.2, 0) is 23.9 Å². The molecule has 0 amide bonds. The molecule has 20 heavy (non-hydrogen) atoms. The molecule has 2 atom stereocenters. The predicted octanol–water partition coefficient (Wildman–Crippen LogP) is -1.11. The first-order valence-corrected chi connectivity index (χ1v) is 5.80. The Balaban J connectivity index is 2.59. The second-order valence-corrected chi connectivity index (χ2v) is 5.25. The quantitative estimate of drug-likeness (QED) is 0.448. The molecule has 1 rings (SSSR count). The van der Waals surface area contributed by atoms with E-state index >= 15 is 0 Å². The zero-order valence-corrected chi connectivity index (χ0v) is 11.1. The van der Waals surface area contributed by atoms with Crippen molar-refractivity contribution >= 4 is 17.9 Å². The lowest BCUT2D eigenvalue weighted by Crippen LogP contribution is -2.45. The number of rotatable bonds is 6. The molecule has 114 valence electrons. The van der Waals surface area contributed by atoms with Crippen molar-refractivity contribution in [2.24, 2.45) is 0 Å². The molecule has 0 aliphatic carbocycles. The summed E-state index contributed by atoms with van der Waals surface area (Å²) in [5.74, 6) is -4.43. The van der Waals surface area contributed by atoms with E-state index in [1.54, 1.807) is 13.8 Å². The number of ether oxygens (including phenoxy) is 2. The van der Waals surface area contributed by atoms with Gasteiger partial charge in [-0.2, -0.15) is 0 Å². The van der Waals surface area contributed by atoms with Gasteiger partial charge in [-0.3, -0.25) is 14.9 Å². The lowest BCUT2D eigenvalue weighted by atomic mass is 9.96. The fourth-order valence-corrected chi connectivity index (χ4v) is 1.61. The van der Waals surface area contributed by atoms with Gasteiger partial charge in [0.2, 0.25) is 0 Å². The molecule has 0 aromatic carbocycles. The van der Waals surface area contributed by atoms with Gasteiger partial charge in [-0.15, -0.1) is 0 Å². The largest absolute Gasteiger partial charge is 0.481 e. The maximum Gasteiger partial charge on any atom is 0.336 e. The average molecular weight is 291 g/mol. The minimum atomic E-state index is -2.71. The summed E-state index contributed by atoms with van der Waals surface area (Å²) >= 11 is 0. The number of carbonyl (C=O) groups excluding carboxylic acids is 1. The van der Waals surface area contributed by atoms with Gasteiger partial charge in [-0.25, -0.2) is 4.79 Å². The molecule has 0 aromatic rings. The van der Waals surface area contributed by atoms with Gasteiger partial charge in [0.15, 0.2) is 5.60 Å². The summed E-state index contributed by atoms with van der Waals surface area (Å²) in [5.41, 5.74) is -3.12. The average Bonchev–Trinajstić information content (AvgIpc) is 2.55. The second-order valence-electron chi connectivity index (χ2n) is 5.25. The van der Waals surface area contributed by atoms with E-state index in [9.17, 15) is 19.5 Å². The van der Waals surface area contributed by atoms with Gasteiger partial charge in [0.1, 0.15) is 0 Å². The topological polar surface area (TPSA) is 142 Å². The van der Waals surface area contributed by atoms with E-state index in [2.05, 4.69) is 5.32 Å². The molecule has 2 unspecified atom stereocenters. The summed E-state index contributed by atoms with van der Waals surface area (Å²) < 4.78 is 9.88. The van der Waals surface area contributed by atoms with Crippen LogP contribution in [0.25, 0.3) is 0 Å². The van der Waals surface area contributed by atoms with Crippen molar-refractivity contribution in [1.29, 1.82) is 0 Å². The Labute approximate surface area is 114 Å². The normalized spacial score (nSPS) is 23.9. The minimum Gasteiger partial charge on any atom is -0.481 e. The first kappa shape index (κ1) is 16.3. The maximum atomic E-state index is 11.6. The zero-order valence-electron chi connectivity index (χ0n) is 11.1. The molecular formula is C11H17NO8. The smallest absolute Gasteiger partial charge is 0.336 e. The van der Waals surface area contributed by atoms with Crippen LogP contribution in [0.1, 0.15) is 26.7 Å². The van der Waals surface area contributed by atoms with Crippen LogP contribution in [0.2, 0.25) is 0 Å². The van der Waals surface area contributed by atoms with Crippen molar-refractivity contribution < 1.29 is 39.2 Å². The molecule has 1 aliphatic heterocycles. The van der Waals surface area contributed by atoms with Crippen LogP contribution >= 0.6 is 0 Å². The molecule has 9 nitrogen and oxygen atoms in total. The fraction of sp³-hybridized carbons (Fsp3) is 0.727. The van der Waals surface area contributed by atoms with E-state index in [1.165, 1.54) is 0 Å². The van der Waals surface area contributed by atoms with E-state index in [-0.39, 0.29) is 6.61 Å². The lowest BCUT2D eigenvalue weighted by Gasteiger charge is -2.22. The Morgan fingerprint density at radius 1 is 1.35 bits per heavy atom. The van der Waals surface area contributed by atoms with E-state index in [0.717, 1.165) is 0 Å². The van der Waals surface area contributed by atoms with E-state index in [1.807, 2.05) is 0 Å². The van der Waals surface area contributed by atoms with Crippen molar-refractivity contribution in [3.05, 3.63) is 0 Å².